The zero-order valence-electron chi connectivity index (χ0n) is 10.1. The molecular weight excluding hydrogens is 234 g/mol. The molecule has 0 atom stereocenters. The van der Waals surface area contributed by atoms with E-state index in [2.05, 4.69) is 48.2 Å². The van der Waals surface area contributed by atoms with Crippen molar-refractivity contribution < 1.29 is 0 Å². The first kappa shape index (κ1) is 11.9. The molecular formula is C13H14ClN3. The van der Waals surface area contributed by atoms with Crippen LogP contribution in [-0.2, 0) is 0 Å². The van der Waals surface area contributed by atoms with Crippen molar-refractivity contribution in [3.8, 4) is 0 Å². The van der Waals surface area contributed by atoms with Crippen LogP contribution in [0, 0.1) is 20.8 Å². The Morgan fingerprint density at radius 3 is 2.24 bits per heavy atom. The van der Waals surface area contributed by atoms with Crippen LogP contribution in [0.5, 0.6) is 0 Å². The molecule has 0 radical (unpaired) electrons. The Balaban J connectivity index is 2.36. The third kappa shape index (κ3) is 2.74. The molecule has 0 unspecified atom stereocenters. The first-order chi connectivity index (χ1) is 8.06. The summed E-state index contributed by atoms with van der Waals surface area (Å²) >= 11 is 5.82. The van der Waals surface area contributed by atoms with Gasteiger partial charge in [0.25, 0.3) is 0 Å². The molecule has 1 aromatic carbocycles. The lowest BCUT2D eigenvalue weighted by Gasteiger charge is -2.13. The van der Waals surface area contributed by atoms with Crippen LogP contribution in [0.15, 0.2) is 24.5 Å². The Morgan fingerprint density at radius 2 is 1.65 bits per heavy atom. The lowest BCUT2D eigenvalue weighted by Crippen LogP contribution is -1.99. The predicted octanol–water partition coefficient (Wildman–Crippen LogP) is 3.80. The molecule has 1 aromatic heterocycles. The smallest absolute Gasteiger partial charge is 0.135 e. The average Bonchev–Trinajstić information content (AvgIpc) is 2.23. The number of nitrogens with one attached hydrogen (secondary N) is 1. The van der Waals surface area contributed by atoms with Crippen molar-refractivity contribution in [1.82, 2.24) is 9.97 Å². The monoisotopic (exact) mass is 247 g/mol. The standard InChI is InChI=1S/C13H14ClN3/c1-8-4-9(2)13(10(3)5-8)17-12-6-11(14)15-7-16-12/h4-7H,1-3H3,(H,15,16,17). The minimum atomic E-state index is 0.435. The van der Waals surface area contributed by atoms with Gasteiger partial charge >= 0.3 is 0 Å². The largest absolute Gasteiger partial charge is 0.340 e. The number of nitrogens with zero attached hydrogens (tertiary/aromatic N) is 2. The van der Waals surface area contributed by atoms with E-state index in [1.165, 1.54) is 23.0 Å². The number of halogens is 1. The molecule has 0 amide bonds. The molecule has 0 bridgehead atoms. The van der Waals surface area contributed by atoms with Gasteiger partial charge in [-0.2, -0.15) is 0 Å². The summed E-state index contributed by atoms with van der Waals surface area (Å²) in [5.41, 5.74) is 4.71. The van der Waals surface area contributed by atoms with Crippen LogP contribution in [0.3, 0.4) is 0 Å². The normalized spacial score (nSPS) is 10.4. The molecule has 0 spiro atoms. The second-order valence-electron chi connectivity index (χ2n) is 4.12. The lowest BCUT2D eigenvalue weighted by atomic mass is 10.1. The highest BCUT2D eigenvalue weighted by molar-refractivity contribution is 6.29. The van der Waals surface area contributed by atoms with E-state index in [4.69, 9.17) is 11.6 Å². The van der Waals surface area contributed by atoms with Crippen molar-refractivity contribution in [1.29, 1.82) is 0 Å². The molecule has 2 rings (SSSR count). The number of aryl methyl sites for hydroxylation is 3. The highest BCUT2D eigenvalue weighted by Gasteiger charge is 2.05. The molecule has 2 aromatic rings. The molecule has 4 heteroatoms. The second kappa shape index (κ2) is 4.72. The van der Waals surface area contributed by atoms with Crippen LogP contribution >= 0.6 is 11.6 Å². The van der Waals surface area contributed by atoms with Gasteiger partial charge in [0.1, 0.15) is 17.3 Å². The number of aromatic nitrogens is 2. The molecule has 0 aliphatic heterocycles. The molecule has 88 valence electrons. The van der Waals surface area contributed by atoms with E-state index >= 15 is 0 Å². The molecule has 0 saturated heterocycles. The van der Waals surface area contributed by atoms with Crippen LogP contribution in [0.4, 0.5) is 11.5 Å². The maximum Gasteiger partial charge on any atom is 0.135 e. The summed E-state index contributed by atoms with van der Waals surface area (Å²) in [5, 5.41) is 3.71. The number of anilines is 2. The van der Waals surface area contributed by atoms with Gasteiger partial charge in [0, 0.05) is 11.8 Å². The minimum absolute atomic E-state index is 0.435. The van der Waals surface area contributed by atoms with E-state index in [0.29, 0.717) is 11.0 Å². The SMILES string of the molecule is Cc1cc(C)c(Nc2cc(Cl)ncn2)c(C)c1. The van der Waals surface area contributed by atoms with Crippen LogP contribution in [0.1, 0.15) is 16.7 Å². The van der Waals surface area contributed by atoms with Crippen LogP contribution < -0.4 is 5.32 Å². The molecule has 1 N–H and O–H groups in total. The number of rotatable bonds is 2. The highest BCUT2D eigenvalue weighted by Crippen LogP contribution is 2.25. The molecule has 0 aliphatic carbocycles. The molecule has 17 heavy (non-hydrogen) atoms. The molecule has 1 heterocycles. The highest BCUT2D eigenvalue weighted by atomic mass is 35.5. The van der Waals surface area contributed by atoms with Crippen molar-refractivity contribution in [2.45, 2.75) is 20.8 Å². The van der Waals surface area contributed by atoms with Crippen molar-refractivity contribution in [3.63, 3.8) is 0 Å². The van der Waals surface area contributed by atoms with Gasteiger partial charge in [-0.05, 0) is 31.9 Å². The molecule has 3 nitrogen and oxygen atoms in total. The summed E-state index contributed by atoms with van der Waals surface area (Å²) in [5.74, 6) is 0.708. The third-order valence-corrected chi connectivity index (χ3v) is 2.77. The van der Waals surface area contributed by atoms with E-state index < -0.39 is 0 Å². The van der Waals surface area contributed by atoms with Crippen molar-refractivity contribution in [3.05, 3.63) is 46.4 Å². The fraction of sp³-hybridized carbons (Fsp3) is 0.231. The van der Waals surface area contributed by atoms with E-state index in [9.17, 15) is 0 Å². The summed E-state index contributed by atoms with van der Waals surface area (Å²) in [6.07, 6.45) is 1.45. The maximum atomic E-state index is 5.82. The van der Waals surface area contributed by atoms with Gasteiger partial charge in [0.2, 0.25) is 0 Å². The quantitative estimate of drug-likeness (QED) is 0.821. The third-order valence-electron chi connectivity index (χ3n) is 2.56. The van der Waals surface area contributed by atoms with Crippen LogP contribution in [0.25, 0.3) is 0 Å². The topological polar surface area (TPSA) is 37.8 Å². The zero-order chi connectivity index (χ0) is 12.4. The Morgan fingerprint density at radius 1 is 1.00 bits per heavy atom. The minimum Gasteiger partial charge on any atom is -0.340 e. The Labute approximate surface area is 106 Å². The van der Waals surface area contributed by atoms with Gasteiger partial charge in [-0.1, -0.05) is 29.3 Å². The Hall–Kier alpha value is -1.61. The average molecular weight is 248 g/mol. The van der Waals surface area contributed by atoms with Gasteiger partial charge in [-0.3, -0.25) is 0 Å². The van der Waals surface area contributed by atoms with Gasteiger partial charge in [0.05, 0.1) is 0 Å². The van der Waals surface area contributed by atoms with E-state index in [0.717, 1.165) is 5.69 Å². The summed E-state index contributed by atoms with van der Waals surface area (Å²) in [6, 6.07) is 5.98. The van der Waals surface area contributed by atoms with E-state index in [-0.39, 0.29) is 0 Å². The van der Waals surface area contributed by atoms with Gasteiger partial charge in [-0.25, -0.2) is 9.97 Å². The fourth-order valence-electron chi connectivity index (χ4n) is 1.91. The number of hydrogen-bond acceptors (Lipinski definition) is 3. The maximum absolute atomic E-state index is 5.82. The summed E-state index contributed by atoms with van der Waals surface area (Å²) < 4.78 is 0. The van der Waals surface area contributed by atoms with Gasteiger partial charge in [-0.15, -0.1) is 0 Å². The van der Waals surface area contributed by atoms with Crippen LogP contribution in [-0.4, -0.2) is 9.97 Å². The van der Waals surface area contributed by atoms with Gasteiger partial charge in [0.15, 0.2) is 0 Å². The van der Waals surface area contributed by atoms with Crippen molar-refractivity contribution in [2.75, 3.05) is 5.32 Å². The molecule has 0 fully saturated rings. The number of hydrogen-bond donors (Lipinski definition) is 1. The van der Waals surface area contributed by atoms with Crippen molar-refractivity contribution >= 4 is 23.1 Å². The first-order valence-corrected chi connectivity index (χ1v) is 5.76. The summed E-state index contributed by atoms with van der Waals surface area (Å²) in [4.78, 5) is 7.99. The lowest BCUT2D eigenvalue weighted by molar-refractivity contribution is 1.16. The first-order valence-electron chi connectivity index (χ1n) is 5.38. The summed E-state index contributed by atoms with van der Waals surface area (Å²) in [6.45, 7) is 6.24. The second-order valence-corrected chi connectivity index (χ2v) is 4.51. The Bertz CT molecular complexity index is 529. The Kier molecular flexibility index (Phi) is 3.29. The summed E-state index contributed by atoms with van der Waals surface area (Å²) in [7, 11) is 0. The zero-order valence-corrected chi connectivity index (χ0v) is 10.8. The van der Waals surface area contributed by atoms with Gasteiger partial charge < -0.3 is 5.32 Å². The molecule has 0 saturated carbocycles. The number of benzene rings is 1. The van der Waals surface area contributed by atoms with E-state index in [1.54, 1.807) is 6.07 Å². The fourth-order valence-corrected chi connectivity index (χ4v) is 2.05. The van der Waals surface area contributed by atoms with E-state index in [1.807, 2.05) is 0 Å². The van der Waals surface area contributed by atoms with Crippen molar-refractivity contribution in [2.24, 2.45) is 0 Å². The van der Waals surface area contributed by atoms with Crippen LogP contribution in [0.2, 0.25) is 5.15 Å². The molecule has 0 aliphatic rings. The predicted molar refractivity (Wildman–Crippen MR) is 71.0 cm³/mol.